The van der Waals surface area contributed by atoms with Crippen molar-refractivity contribution < 1.29 is 0 Å². The van der Waals surface area contributed by atoms with Crippen molar-refractivity contribution in [2.75, 3.05) is 0 Å². The zero-order chi connectivity index (χ0) is 33.0. The van der Waals surface area contributed by atoms with Crippen LogP contribution in [0.3, 0.4) is 0 Å². The van der Waals surface area contributed by atoms with E-state index in [1.165, 1.54) is 15.5 Å². The van der Waals surface area contributed by atoms with Crippen LogP contribution in [0.5, 0.6) is 0 Å². The van der Waals surface area contributed by atoms with Gasteiger partial charge in [-0.15, -0.1) is 11.3 Å². The Balaban J connectivity index is 1.20. The van der Waals surface area contributed by atoms with E-state index in [-0.39, 0.29) is 0 Å². The van der Waals surface area contributed by atoms with E-state index in [2.05, 4.69) is 102 Å². The van der Waals surface area contributed by atoms with E-state index in [1.807, 2.05) is 66.7 Å². The molecule has 0 N–H and O–H groups in total. The van der Waals surface area contributed by atoms with Crippen LogP contribution in [0.15, 0.2) is 164 Å². The normalized spacial score (nSPS) is 11.6. The molecular formula is C44H27N5S. The van der Waals surface area contributed by atoms with Crippen molar-refractivity contribution in [3.05, 3.63) is 164 Å². The molecule has 3 heterocycles. The number of aromatic nitrogens is 5. The van der Waals surface area contributed by atoms with Crippen molar-refractivity contribution in [3.63, 3.8) is 0 Å². The first-order valence-corrected chi connectivity index (χ1v) is 17.4. The second-order valence-electron chi connectivity index (χ2n) is 12.3. The van der Waals surface area contributed by atoms with E-state index in [4.69, 9.17) is 19.9 Å². The topological polar surface area (TPSA) is 56.5 Å². The first kappa shape index (κ1) is 28.5. The smallest absolute Gasteiger partial charge is 0.164 e. The Bertz CT molecular complexity index is 2780. The summed E-state index contributed by atoms with van der Waals surface area (Å²) < 4.78 is 3.58. The minimum atomic E-state index is 0.640. The number of para-hydroxylation sites is 2. The summed E-state index contributed by atoms with van der Waals surface area (Å²) in [5, 5.41) is 5.62. The second kappa shape index (κ2) is 11.6. The summed E-state index contributed by atoms with van der Waals surface area (Å²) in [4.78, 5) is 20.1. The Labute approximate surface area is 291 Å². The van der Waals surface area contributed by atoms with Crippen LogP contribution in [0.2, 0.25) is 0 Å². The summed E-state index contributed by atoms with van der Waals surface area (Å²) in [5.74, 6) is 1.93. The van der Waals surface area contributed by atoms with Gasteiger partial charge in [-0.2, -0.15) is 0 Å². The first-order chi connectivity index (χ1) is 24.8. The minimum Gasteiger partial charge on any atom is -0.309 e. The van der Waals surface area contributed by atoms with Gasteiger partial charge in [-0.05, 0) is 41.8 Å². The first-order valence-electron chi connectivity index (χ1n) is 16.6. The van der Waals surface area contributed by atoms with Crippen molar-refractivity contribution in [1.29, 1.82) is 0 Å². The fourth-order valence-electron chi connectivity index (χ4n) is 6.96. The van der Waals surface area contributed by atoms with Crippen LogP contribution in [0, 0.1) is 0 Å². The molecule has 0 bridgehead atoms. The molecule has 0 saturated heterocycles. The summed E-state index contributed by atoms with van der Waals surface area (Å²) in [6.07, 6.45) is 0. The van der Waals surface area contributed by atoms with Crippen LogP contribution in [0.1, 0.15) is 0 Å². The number of benzene rings is 7. The molecule has 7 aromatic carbocycles. The van der Waals surface area contributed by atoms with Crippen molar-refractivity contribution in [3.8, 4) is 50.4 Å². The average molecular weight is 658 g/mol. The maximum absolute atomic E-state index is 5.07. The number of nitrogens with zero attached hydrogens (tertiary/aromatic N) is 5. The van der Waals surface area contributed by atoms with E-state index in [0.29, 0.717) is 17.5 Å². The zero-order valence-electron chi connectivity index (χ0n) is 26.7. The summed E-state index contributed by atoms with van der Waals surface area (Å²) in [7, 11) is 0. The van der Waals surface area contributed by atoms with Gasteiger partial charge < -0.3 is 4.57 Å². The third-order valence-electron chi connectivity index (χ3n) is 9.30. The van der Waals surface area contributed by atoms with Crippen molar-refractivity contribution in [1.82, 2.24) is 24.5 Å². The Morgan fingerprint density at radius 1 is 0.400 bits per heavy atom. The molecule has 0 amide bonds. The molecule has 5 nitrogen and oxygen atoms in total. The van der Waals surface area contributed by atoms with Gasteiger partial charge >= 0.3 is 0 Å². The lowest BCUT2D eigenvalue weighted by atomic mass is 10.0. The highest BCUT2D eigenvalue weighted by Crippen LogP contribution is 2.40. The quantitative estimate of drug-likeness (QED) is 0.185. The van der Waals surface area contributed by atoms with Crippen LogP contribution in [-0.4, -0.2) is 24.5 Å². The molecule has 0 aliphatic heterocycles. The molecule has 0 atom stereocenters. The molecule has 0 aliphatic carbocycles. The largest absolute Gasteiger partial charge is 0.309 e. The monoisotopic (exact) mass is 657 g/mol. The van der Waals surface area contributed by atoms with Crippen LogP contribution < -0.4 is 0 Å². The second-order valence-corrected chi connectivity index (χ2v) is 13.3. The Morgan fingerprint density at radius 2 is 1.00 bits per heavy atom. The summed E-state index contributed by atoms with van der Waals surface area (Å²) in [5.41, 5.74) is 8.37. The molecule has 3 aromatic heterocycles. The third kappa shape index (κ3) is 4.69. The molecule has 50 heavy (non-hydrogen) atoms. The average Bonchev–Trinajstić information content (AvgIpc) is 3.77. The van der Waals surface area contributed by atoms with Crippen molar-refractivity contribution >= 4 is 54.1 Å². The van der Waals surface area contributed by atoms with Gasteiger partial charge in [0.25, 0.3) is 0 Å². The molecule has 0 radical (unpaired) electrons. The minimum absolute atomic E-state index is 0.640. The summed E-state index contributed by atoms with van der Waals surface area (Å²) in [6, 6.07) is 56.9. The highest BCUT2D eigenvalue weighted by molar-refractivity contribution is 7.21. The van der Waals surface area contributed by atoms with Crippen LogP contribution >= 0.6 is 11.3 Å². The number of fused-ring (bicyclic) bond motifs is 5. The van der Waals surface area contributed by atoms with Crippen LogP contribution in [0.25, 0.3) is 93.2 Å². The maximum atomic E-state index is 5.07. The standard InChI is InChI=1S/C44H27N5S/c1-3-13-28(14-4-1)41-46-42(29-15-5-2-6-16-29)48-43(47-41)35-25-26-38(32-18-8-7-17-31(32)35)49-37-21-11-9-19-33(37)34-24-23-30(27-39(34)49)44-45-36-20-10-12-22-40(36)50-44/h1-27H. The van der Waals surface area contributed by atoms with Crippen LogP contribution in [0.4, 0.5) is 0 Å². The maximum Gasteiger partial charge on any atom is 0.164 e. The predicted molar refractivity (Wildman–Crippen MR) is 207 cm³/mol. The molecule has 6 heteroatoms. The van der Waals surface area contributed by atoms with Crippen molar-refractivity contribution in [2.24, 2.45) is 0 Å². The number of thiazole rings is 1. The van der Waals surface area contributed by atoms with Gasteiger partial charge in [0, 0.05) is 38.4 Å². The van der Waals surface area contributed by atoms with Crippen molar-refractivity contribution in [2.45, 2.75) is 0 Å². The van der Waals surface area contributed by atoms with Gasteiger partial charge in [-0.1, -0.05) is 127 Å². The molecule has 0 aliphatic rings. The molecule has 0 spiro atoms. The lowest BCUT2D eigenvalue weighted by molar-refractivity contribution is 1.08. The molecule has 0 fully saturated rings. The van der Waals surface area contributed by atoms with E-state index in [9.17, 15) is 0 Å². The summed E-state index contributed by atoms with van der Waals surface area (Å²) in [6.45, 7) is 0. The molecular weight excluding hydrogens is 631 g/mol. The van der Waals surface area contributed by atoms with Gasteiger partial charge in [0.05, 0.1) is 26.9 Å². The lowest BCUT2D eigenvalue weighted by Gasteiger charge is -2.15. The third-order valence-corrected chi connectivity index (χ3v) is 10.4. The Hall–Kier alpha value is -6.50. The fraction of sp³-hybridized carbons (Fsp3) is 0. The van der Waals surface area contributed by atoms with Crippen LogP contribution in [-0.2, 0) is 0 Å². The predicted octanol–water partition coefficient (Wildman–Crippen LogP) is 11.4. The van der Waals surface area contributed by atoms with E-state index in [1.54, 1.807) is 11.3 Å². The molecule has 0 saturated carbocycles. The highest BCUT2D eigenvalue weighted by Gasteiger charge is 2.19. The summed E-state index contributed by atoms with van der Waals surface area (Å²) >= 11 is 1.73. The number of hydrogen-bond donors (Lipinski definition) is 0. The molecule has 0 unspecified atom stereocenters. The van der Waals surface area contributed by atoms with E-state index in [0.717, 1.165) is 60.3 Å². The SMILES string of the molecule is c1ccc(-c2nc(-c3ccccc3)nc(-c3ccc(-n4c5ccccc5c5ccc(-c6nc7ccccc7s6)cc54)c4ccccc34)n2)cc1. The lowest BCUT2D eigenvalue weighted by Crippen LogP contribution is -2.01. The van der Waals surface area contributed by atoms with E-state index < -0.39 is 0 Å². The van der Waals surface area contributed by atoms with Gasteiger partial charge in [0.1, 0.15) is 5.01 Å². The molecule has 10 aromatic rings. The molecule has 10 rings (SSSR count). The Morgan fingerprint density at radius 3 is 1.74 bits per heavy atom. The van der Waals surface area contributed by atoms with E-state index >= 15 is 0 Å². The van der Waals surface area contributed by atoms with Gasteiger partial charge in [-0.3, -0.25) is 0 Å². The van der Waals surface area contributed by atoms with Gasteiger partial charge in [0.2, 0.25) is 0 Å². The Kier molecular flexibility index (Phi) is 6.60. The number of hydrogen-bond acceptors (Lipinski definition) is 5. The van der Waals surface area contributed by atoms with Gasteiger partial charge in [-0.25, -0.2) is 19.9 Å². The van der Waals surface area contributed by atoms with Gasteiger partial charge in [0.15, 0.2) is 17.5 Å². The zero-order valence-corrected chi connectivity index (χ0v) is 27.5. The number of rotatable bonds is 5. The fourth-order valence-corrected chi connectivity index (χ4v) is 7.92. The molecule has 234 valence electrons. The highest BCUT2D eigenvalue weighted by atomic mass is 32.1.